The fraction of sp³-hybridized carbons (Fsp3) is 0.824. The number of ether oxygens (including phenoxy) is 1. The van der Waals surface area contributed by atoms with E-state index < -0.39 is 0 Å². The molecule has 3 atom stereocenters. The monoisotopic (exact) mass is 304 g/mol. The first kappa shape index (κ1) is 14.7. The van der Waals surface area contributed by atoms with Crippen molar-refractivity contribution in [3.63, 3.8) is 0 Å². The van der Waals surface area contributed by atoms with Gasteiger partial charge in [0, 0.05) is 45.1 Å². The first-order chi connectivity index (χ1) is 10.7. The van der Waals surface area contributed by atoms with Crippen molar-refractivity contribution in [2.75, 3.05) is 39.3 Å². The summed E-state index contributed by atoms with van der Waals surface area (Å²) in [5, 5.41) is 4.46. The third-order valence-corrected chi connectivity index (χ3v) is 5.69. The van der Waals surface area contributed by atoms with Crippen LogP contribution in [0.4, 0.5) is 0 Å². The molecule has 0 radical (unpaired) electrons. The van der Waals surface area contributed by atoms with Crippen LogP contribution in [0.1, 0.15) is 24.2 Å². The van der Waals surface area contributed by atoms with E-state index in [0.29, 0.717) is 6.10 Å². The smallest absolute Gasteiger partial charge is 0.0746 e. The van der Waals surface area contributed by atoms with E-state index in [1.165, 1.54) is 44.7 Å². The van der Waals surface area contributed by atoms with Crippen LogP contribution >= 0.6 is 0 Å². The minimum absolute atomic E-state index is 0.460. The molecule has 22 heavy (non-hydrogen) atoms. The molecule has 122 valence electrons. The van der Waals surface area contributed by atoms with Crippen LogP contribution in [0.5, 0.6) is 0 Å². The molecule has 1 aromatic heterocycles. The summed E-state index contributed by atoms with van der Waals surface area (Å²) in [7, 11) is 2.05. The van der Waals surface area contributed by atoms with Gasteiger partial charge in [0.15, 0.2) is 0 Å². The molecule has 0 saturated carbocycles. The minimum Gasteiger partial charge on any atom is -0.376 e. The minimum atomic E-state index is 0.460. The van der Waals surface area contributed by atoms with E-state index >= 15 is 0 Å². The average Bonchev–Trinajstić information content (AvgIpc) is 3.20. The summed E-state index contributed by atoms with van der Waals surface area (Å²) in [6.45, 7) is 10.2. The van der Waals surface area contributed by atoms with Crippen LogP contribution in [0.25, 0.3) is 0 Å². The second-order valence-electron chi connectivity index (χ2n) is 7.40. The number of nitrogens with zero attached hydrogens (tertiary/aromatic N) is 4. The number of aryl methyl sites for hydroxylation is 2. The molecule has 5 nitrogen and oxygen atoms in total. The number of likely N-dealkylation sites (tertiary alicyclic amines) is 2. The maximum Gasteiger partial charge on any atom is 0.0746 e. The molecule has 5 heteroatoms. The Labute approximate surface area is 133 Å². The Bertz CT molecular complexity index is 523. The van der Waals surface area contributed by atoms with Gasteiger partial charge >= 0.3 is 0 Å². The Morgan fingerprint density at radius 2 is 2.05 bits per heavy atom. The summed E-state index contributed by atoms with van der Waals surface area (Å²) in [4.78, 5) is 5.20. The van der Waals surface area contributed by atoms with E-state index in [0.717, 1.165) is 37.2 Å². The van der Waals surface area contributed by atoms with Crippen molar-refractivity contribution in [2.24, 2.45) is 18.9 Å². The number of aromatic nitrogens is 2. The predicted molar refractivity (Wildman–Crippen MR) is 85.6 cm³/mol. The highest BCUT2D eigenvalue weighted by molar-refractivity contribution is 5.09. The van der Waals surface area contributed by atoms with Gasteiger partial charge in [-0.15, -0.1) is 0 Å². The fourth-order valence-corrected chi connectivity index (χ4v) is 4.54. The third kappa shape index (κ3) is 2.82. The summed E-state index contributed by atoms with van der Waals surface area (Å²) >= 11 is 0. The van der Waals surface area contributed by atoms with Crippen molar-refractivity contribution in [2.45, 2.75) is 32.4 Å². The van der Waals surface area contributed by atoms with Crippen LogP contribution in [0, 0.1) is 18.8 Å². The average molecular weight is 304 g/mol. The Kier molecular flexibility index (Phi) is 3.96. The van der Waals surface area contributed by atoms with E-state index in [9.17, 15) is 0 Å². The second-order valence-corrected chi connectivity index (χ2v) is 7.40. The van der Waals surface area contributed by atoms with Gasteiger partial charge in [-0.1, -0.05) is 0 Å². The van der Waals surface area contributed by atoms with Gasteiger partial charge in [-0.25, -0.2) is 0 Å². The summed E-state index contributed by atoms with van der Waals surface area (Å²) in [6.07, 6.45) is 3.23. The molecule has 3 aliphatic heterocycles. The Morgan fingerprint density at radius 3 is 2.77 bits per heavy atom. The molecule has 3 fully saturated rings. The summed E-state index contributed by atoms with van der Waals surface area (Å²) in [6, 6.07) is 2.21. The molecule has 4 heterocycles. The highest BCUT2D eigenvalue weighted by Crippen LogP contribution is 2.35. The maximum atomic E-state index is 6.11. The van der Waals surface area contributed by atoms with Crippen molar-refractivity contribution in [1.82, 2.24) is 19.6 Å². The van der Waals surface area contributed by atoms with Gasteiger partial charge in [0.2, 0.25) is 0 Å². The molecular formula is C17H28N4O. The zero-order valence-corrected chi connectivity index (χ0v) is 13.9. The van der Waals surface area contributed by atoms with E-state index in [4.69, 9.17) is 4.74 Å². The molecule has 0 aromatic carbocycles. The zero-order chi connectivity index (χ0) is 15.1. The lowest BCUT2D eigenvalue weighted by molar-refractivity contribution is 0.0909. The Hall–Kier alpha value is -0.910. The van der Waals surface area contributed by atoms with Crippen LogP contribution in [0.3, 0.4) is 0 Å². The summed E-state index contributed by atoms with van der Waals surface area (Å²) < 4.78 is 8.13. The first-order valence-electron chi connectivity index (χ1n) is 8.75. The Morgan fingerprint density at radius 1 is 1.23 bits per heavy atom. The van der Waals surface area contributed by atoms with Crippen molar-refractivity contribution >= 4 is 0 Å². The summed E-state index contributed by atoms with van der Waals surface area (Å²) in [5.74, 6) is 1.47. The lowest BCUT2D eigenvalue weighted by atomic mass is 9.93. The molecule has 3 aliphatic rings. The van der Waals surface area contributed by atoms with Gasteiger partial charge in [0.1, 0.15) is 0 Å². The van der Waals surface area contributed by atoms with E-state index in [1.807, 2.05) is 11.7 Å². The van der Waals surface area contributed by atoms with Crippen molar-refractivity contribution in [3.8, 4) is 0 Å². The number of hydrogen-bond acceptors (Lipinski definition) is 4. The molecule has 0 amide bonds. The topological polar surface area (TPSA) is 33.5 Å². The standard InChI is InChI=1S/C17H28N4O/c1-13-7-15(19(2)18-13)9-21-10-16-14(12-22-17(16)11-21)8-20-5-3-4-6-20/h7,14,16-17H,3-6,8-12H2,1-2H3/t14-,16+,17+/m0/s1. The maximum absolute atomic E-state index is 6.11. The molecule has 0 unspecified atom stereocenters. The lowest BCUT2D eigenvalue weighted by Gasteiger charge is -2.24. The molecular weight excluding hydrogens is 276 g/mol. The molecule has 0 bridgehead atoms. The van der Waals surface area contributed by atoms with Gasteiger partial charge in [-0.3, -0.25) is 9.58 Å². The number of fused-ring (bicyclic) bond motifs is 1. The molecule has 4 rings (SSSR count). The van der Waals surface area contributed by atoms with E-state index in [-0.39, 0.29) is 0 Å². The van der Waals surface area contributed by atoms with Crippen LogP contribution in [0.15, 0.2) is 6.07 Å². The molecule has 1 aromatic rings. The number of hydrogen-bond donors (Lipinski definition) is 0. The molecule has 0 spiro atoms. The quantitative estimate of drug-likeness (QED) is 0.839. The molecule has 3 saturated heterocycles. The highest BCUT2D eigenvalue weighted by atomic mass is 16.5. The van der Waals surface area contributed by atoms with Gasteiger partial charge in [-0.05, 0) is 38.9 Å². The van der Waals surface area contributed by atoms with Crippen molar-refractivity contribution in [3.05, 3.63) is 17.5 Å². The van der Waals surface area contributed by atoms with E-state index in [2.05, 4.69) is 27.9 Å². The van der Waals surface area contributed by atoms with Gasteiger partial charge in [0.05, 0.1) is 24.1 Å². The SMILES string of the molecule is Cc1cc(CN2C[C@@H]3[C@@H](CN4CCCC4)CO[C@@H]3C2)n(C)n1. The fourth-order valence-electron chi connectivity index (χ4n) is 4.54. The van der Waals surface area contributed by atoms with Crippen molar-refractivity contribution in [1.29, 1.82) is 0 Å². The third-order valence-electron chi connectivity index (χ3n) is 5.69. The highest BCUT2D eigenvalue weighted by Gasteiger charge is 2.44. The van der Waals surface area contributed by atoms with Crippen LogP contribution in [-0.2, 0) is 18.3 Å². The Balaban J connectivity index is 1.36. The van der Waals surface area contributed by atoms with Crippen LogP contribution < -0.4 is 0 Å². The number of rotatable bonds is 4. The van der Waals surface area contributed by atoms with E-state index in [1.54, 1.807) is 0 Å². The van der Waals surface area contributed by atoms with Gasteiger partial charge < -0.3 is 9.64 Å². The largest absolute Gasteiger partial charge is 0.376 e. The predicted octanol–water partition coefficient (Wildman–Crippen LogP) is 1.27. The normalized spacial score (nSPS) is 32.9. The van der Waals surface area contributed by atoms with Crippen molar-refractivity contribution < 1.29 is 4.74 Å². The zero-order valence-electron chi connectivity index (χ0n) is 13.9. The van der Waals surface area contributed by atoms with Gasteiger partial charge in [0.25, 0.3) is 0 Å². The van der Waals surface area contributed by atoms with Gasteiger partial charge in [-0.2, -0.15) is 5.10 Å². The van der Waals surface area contributed by atoms with Crippen LogP contribution in [0.2, 0.25) is 0 Å². The molecule has 0 aliphatic carbocycles. The summed E-state index contributed by atoms with van der Waals surface area (Å²) in [5.41, 5.74) is 2.42. The molecule has 0 N–H and O–H groups in total. The second kappa shape index (κ2) is 5.95. The van der Waals surface area contributed by atoms with Crippen LogP contribution in [-0.4, -0.2) is 65.0 Å². The lowest BCUT2D eigenvalue weighted by Crippen LogP contribution is -2.32. The first-order valence-corrected chi connectivity index (χ1v) is 8.75.